The Hall–Kier alpha value is -1.07. The SMILES string of the molecule is CCOCCCn1ccnc1N(CC)CCN. The van der Waals surface area contributed by atoms with Crippen molar-refractivity contribution in [2.45, 2.75) is 26.8 Å². The summed E-state index contributed by atoms with van der Waals surface area (Å²) in [7, 11) is 0. The summed E-state index contributed by atoms with van der Waals surface area (Å²) in [5.74, 6) is 1.01. The van der Waals surface area contributed by atoms with E-state index in [1.54, 1.807) is 0 Å². The third-order valence-electron chi connectivity index (χ3n) is 2.65. The van der Waals surface area contributed by atoms with Crippen molar-refractivity contribution in [2.24, 2.45) is 5.73 Å². The van der Waals surface area contributed by atoms with Crippen molar-refractivity contribution in [1.29, 1.82) is 0 Å². The van der Waals surface area contributed by atoms with Gasteiger partial charge in [0.05, 0.1) is 0 Å². The highest BCUT2D eigenvalue weighted by Crippen LogP contribution is 2.11. The number of hydrogen-bond acceptors (Lipinski definition) is 4. The molecule has 98 valence electrons. The first-order valence-electron chi connectivity index (χ1n) is 6.37. The van der Waals surface area contributed by atoms with Gasteiger partial charge in [-0.15, -0.1) is 0 Å². The Morgan fingerprint density at radius 3 is 2.94 bits per heavy atom. The van der Waals surface area contributed by atoms with Gasteiger partial charge in [0, 0.05) is 51.8 Å². The van der Waals surface area contributed by atoms with Crippen LogP contribution in [0.2, 0.25) is 0 Å². The van der Waals surface area contributed by atoms with Crippen LogP contribution in [0.3, 0.4) is 0 Å². The van der Waals surface area contributed by atoms with Crippen LogP contribution in [-0.2, 0) is 11.3 Å². The molecular weight excluding hydrogens is 216 g/mol. The molecule has 2 N–H and O–H groups in total. The number of rotatable bonds is 9. The van der Waals surface area contributed by atoms with Crippen molar-refractivity contribution >= 4 is 5.95 Å². The molecule has 0 amide bonds. The first-order valence-corrected chi connectivity index (χ1v) is 6.37. The van der Waals surface area contributed by atoms with Crippen molar-refractivity contribution < 1.29 is 4.74 Å². The molecule has 1 rings (SSSR count). The standard InChI is InChI=1S/C12H24N4O/c1-3-15(9-6-13)12-14-7-10-16(12)8-5-11-17-4-2/h7,10H,3-6,8-9,11,13H2,1-2H3. The van der Waals surface area contributed by atoms with Gasteiger partial charge in [-0.3, -0.25) is 0 Å². The molecule has 1 aromatic rings. The van der Waals surface area contributed by atoms with Crippen molar-refractivity contribution in [1.82, 2.24) is 9.55 Å². The zero-order valence-electron chi connectivity index (χ0n) is 10.9. The fraction of sp³-hybridized carbons (Fsp3) is 0.750. The average Bonchev–Trinajstić information content (AvgIpc) is 2.80. The zero-order chi connectivity index (χ0) is 12.5. The van der Waals surface area contributed by atoms with E-state index in [0.717, 1.165) is 45.2 Å². The van der Waals surface area contributed by atoms with Crippen molar-refractivity contribution in [2.75, 3.05) is 37.7 Å². The predicted octanol–water partition coefficient (Wildman–Crippen LogP) is 1.09. The molecular formula is C12H24N4O. The van der Waals surface area contributed by atoms with Gasteiger partial charge in [0.25, 0.3) is 0 Å². The molecule has 1 heterocycles. The van der Waals surface area contributed by atoms with Gasteiger partial charge in [-0.2, -0.15) is 0 Å². The normalized spacial score (nSPS) is 10.8. The van der Waals surface area contributed by atoms with E-state index in [0.29, 0.717) is 6.54 Å². The van der Waals surface area contributed by atoms with Gasteiger partial charge in [0.15, 0.2) is 0 Å². The Morgan fingerprint density at radius 1 is 1.47 bits per heavy atom. The van der Waals surface area contributed by atoms with E-state index < -0.39 is 0 Å². The van der Waals surface area contributed by atoms with Crippen molar-refractivity contribution in [3.8, 4) is 0 Å². The van der Waals surface area contributed by atoms with Crippen LogP contribution in [0, 0.1) is 0 Å². The van der Waals surface area contributed by atoms with Gasteiger partial charge in [0.1, 0.15) is 0 Å². The smallest absolute Gasteiger partial charge is 0.205 e. The van der Waals surface area contributed by atoms with Crippen LogP contribution in [0.1, 0.15) is 20.3 Å². The summed E-state index contributed by atoms with van der Waals surface area (Å²) >= 11 is 0. The van der Waals surface area contributed by atoms with Gasteiger partial charge in [-0.25, -0.2) is 4.98 Å². The van der Waals surface area contributed by atoms with Crippen molar-refractivity contribution in [3.05, 3.63) is 12.4 Å². The molecule has 5 nitrogen and oxygen atoms in total. The molecule has 0 unspecified atom stereocenters. The topological polar surface area (TPSA) is 56.3 Å². The van der Waals surface area contributed by atoms with E-state index in [4.69, 9.17) is 10.5 Å². The summed E-state index contributed by atoms with van der Waals surface area (Å²) < 4.78 is 7.50. The Morgan fingerprint density at radius 2 is 2.29 bits per heavy atom. The van der Waals surface area contributed by atoms with Gasteiger partial charge in [-0.05, 0) is 20.3 Å². The van der Waals surface area contributed by atoms with E-state index >= 15 is 0 Å². The van der Waals surface area contributed by atoms with Crippen LogP contribution in [-0.4, -0.2) is 42.4 Å². The Balaban J connectivity index is 2.51. The lowest BCUT2D eigenvalue weighted by Crippen LogP contribution is -2.31. The molecule has 0 aliphatic carbocycles. The van der Waals surface area contributed by atoms with Gasteiger partial charge >= 0.3 is 0 Å². The number of ether oxygens (including phenoxy) is 1. The highest BCUT2D eigenvalue weighted by Gasteiger charge is 2.09. The minimum absolute atomic E-state index is 0.652. The molecule has 0 aromatic carbocycles. The van der Waals surface area contributed by atoms with E-state index in [9.17, 15) is 0 Å². The second-order valence-electron chi connectivity index (χ2n) is 3.84. The third-order valence-corrected chi connectivity index (χ3v) is 2.65. The molecule has 0 bridgehead atoms. The number of likely N-dealkylation sites (N-methyl/N-ethyl adjacent to an activating group) is 1. The highest BCUT2D eigenvalue weighted by atomic mass is 16.5. The quantitative estimate of drug-likeness (QED) is 0.657. The fourth-order valence-electron chi connectivity index (χ4n) is 1.80. The number of aryl methyl sites for hydroxylation is 1. The summed E-state index contributed by atoms with van der Waals surface area (Å²) in [4.78, 5) is 6.59. The molecule has 0 saturated carbocycles. The van der Waals surface area contributed by atoms with Crippen LogP contribution in [0.15, 0.2) is 12.4 Å². The Labute approximate surface area is 104 Å². The summed E-state index contributed by atoms with van der Waals surface area (Å²) in [5, 5.41) is 0. The molecule has 1 aromatic heterocycles. The van der Waals surface area contributed by atoms with Crippen LogP contribution in [0.5, 0.6) is 0 Å². The molecule has 0 fully saturated rings. The van der Waals surface area contributed by atoms with Crippen LogP contribution in [0.25, 0.3) is 0 Å². The number of nitrogens with zero attached hydrogens (tertiary/aromatic N) is 3. The molecule has 0 radical (unpaired) electrons. The molecule has 0 saturated heterocycles. The molecule has 5 heteroatoms. The van der Waals surface area contributed by atoms with E-state index in [2.05, 4.69) is 21.4 Å². The van der Waals surface area contributed by atoms with Gasteiger partial charge in [0.2, 0.25) is 5.95 Å². The van der Waals surface area contributed by atoms with E-state index in [1.807, 2.05) is 19.3 Å². The number of aromatic nitrogens is 2. The van der Waals surface area contributed by atoms with Crippen molar-refractivity contribution in [3.63, 3.8) is 0 Å². The monoisotopic (exact) mass is 240 g/mol. The third kappa shape index (κ3) is 4.36. The van der Waals surface area contributed by atoms with Gasteiger partial charge < -0.3 is 19.9 Å². The van der Waals surface area contributed by atoms with Crippen LogP contribution in [0.4, 0.5) is 5.95 Å². The lowest BCUT2D eigenvalue weighted by atomic mass is 10.4. The molecule has 0 aliphatic heterocycles. The molecule has 0 atom stereocenters. The number of hydrogen-bond donors (Lipinski definition) is 1. The second-order valence-corrected chi connectivity index (χ2v) is 3.84. The lowest BCUT2D eigenvalue weighted by molar-refractivity contribution is 0.141. The summed E-state index contributed by atoms with van der Waals surface area (Å²) in [6.45, 7) is 9.09. The number of imidazole rings is 1. The minimum Gasteiger partial charge on any atom is -0.382 e. The first kappa shape index (κ1) is 14.0. The second kappa shape index (κ2) is 8.08. The highest BCUT2D eigenvalue weighted by molar-refractivity contribution is 5.30. The Bertz CT molecular complexity index is 300. The molecule has 0 aliphatic rings. The van der Waals surface area contributed by atoms with Crippen LogP contribution >= 0.6 is 0 Å². The van der Waals surface area contributed by atoms with Crippen LogP contribution < -0.4 is 10.6 Å². The summed E-state index contributed by atoms with van der Waals surface area (Å²) in [5.41, 5.74) is 5.60. The lowest BCUT2D eigenvalue weighted by Gasteiger charge is -2.22. The maximum atomic E-state index is 5.60. The largest absolute Gasteiger partial charge is 0.382 e. The van der Waals surface area contributed by atoms with Gasteiger partial charge in [-0.1, -0.05) is 0 Å². The molecule has 0 spiro atoms. The summed E-state index contributed by atoms with van der Waals surface area (Å²) in [6, 6.07) is 0. The van der Waals surface area contributed by atoms with E-state index in [1.165, 1.54) is 0 Å². The maximum absolute atomic E-state index is 5.60. The minimum atomic E-state index is 0.652. The molecule has 17 heavy (non-hydrogen) atoms. The maximum Gasteiger partial charge on any atom is 0.205 e. The zero-order valence-corrected chi connectivity index (χ0v) is 10.9. The fourth-order valence-corrected chi connectivity index (χ4v) is 1.80. The van der Waals surface area contributed by atoms with E-state index in [-0.39, 0.29) is 0 Å². The average molecular weight is 240 g/mol. The Kier molecular flexibility index (Phi) is 6.65. The number of nitrogens with two attached hydrogens (primary N) is 1. The number of anilines is 1. The predicted molar refractivity (Wildman–Crippen MR) is 70.3 cm³/mol. The first-order chi connectivity index (χ1) is 8.33. The summed E-state index contributed by atoms with van der Waals surface area (Å²) in [6.07, 6.45) is 4.87.